The number of carbonyl (C=O) groups is 1. The van der Waals surface area contributed by atoms with E-state index in [1.54, 1.807) is 19.9 Å². The molecule has 2 atom stereocenters. The molecule has 2 aromatic carbocycles. The second kappa shape index (κ2) is 11.0. The lowest BCUT2D eigenvalue weighted by molar-refractivity contribution is -0.265. The van der Waals surface area contributed by atoms with Crippen LogP contribution in [0.15, 0.2) is 54.7 Å². The first kappa shape index (κ1) is 30.5. The number of nitrogens with zero attached hydrogens (tertiary/aromatic N) is 5. The minimum absolute atomic E-state index is 0.00555. The van der Waals surface area contributed by atoms with Crippen LogP contribution in [0.3, 0.4) is 0 Å². The van der Waals surface area contributed by atoms with Crippen molar-refractivity contribution in [3.63, 3.8) is 0 Å². The van der Waals surface area contributed by atoms with Gasteiger partial charge in [0.15, 0.2) is 0 Å². The van der Waals surface area contributed by atoms with E-state index in [1.807, 2.05) is 0 Å². The monoisotopic (exact) mass is 649 g/mol. The third-order valence-corrected chi connectivity index (χ3v) is 8.42. The van der Waals surface area contributed by atoms with Gasteiger partial charge in [0, 0.05) is 22.1 Å². The van der Waals surface area contributed by atoms with Crippen molar-refractivity contribution in [3.05, 3.63) is 88.8 Å². The van der Waals surface area contributed by atoms with Crippen LogP contribution >= 0.6 is 0 Å². The third-order valence-electron chi connectivity index (χ3n) is 8.42. The van der Waals surface area contributed by atoms with Gasteiger partial charge in [-0.3, -0.25) is 4.79 Å². The number of rotatable bonds is 8. The number of pyridine rings is 1. The fourth-order valence-corrected chi connectivity index (χ4v) is 5.54. The van der Waals surface area contributed by atoms with Crippen molar-refractivity contribution >= 4 is 16.8 Å². The number of aryl methyl sites for hydroxylation is 1. The summed E-state index contributed by atoms with van der Waals surface area (Å²) >= 11 is 0. The molecule has 7 rings (SSSR count). The summed E-state index contributed by atoms with van der Waals surface area (Å²) in [7, 11) is 0. The fourth-order valence-electron chi connectivity index (χ4n) is 5.54. The number of carbonyl (C=O) groups excluding carboxylic acids is 1. The number of benzene rings is 2. The van der Waals surface area contributed by atoms with Crippen molar-refractivity contribution < 1.29 is 36.9 Å². The first-order valence-electron chi connectivity index (χ1n) is 14.7. The number of amides is 1. The lowest BCUT2D eigenvalue weighted by Gasteiger charge is -2.31. The number of nitrogens with one attached hydrogen (secondary N) is 2. The number of halogens is 4. The van der Waals surface area contributed by atoms with Crippen molar-refractivity contribution in [2.24, 2.45) is 0 Å². The molecular formula is C32H27F4N7O4. The molecule has 0 saturated heterocycles. The van der Waals surface area contributed by atoms with Crippen LogP contribution < -0.4 is 14.8 Å². The molecule has 242 valence electrons. The number of hydrogen-bond donors (Lipinski definition) is 3. The Morgan fingerprint density at radius 2 is 1.91 bits per heavy atom. The average molecular weight is 650 g/mol. The Morgan fingerprint density at radius 3 is 2.60 bits per heavy atom. The minimum atomic E-state index is -5.30. The number of alkyl halides is 3. The number of H-pyrrole nitrogens is 1. The van der Waals surface area contributed by atoms with Gasteiger partial charge in [0.25, 0.3) is 5.91 Å². The minimum Gasteiger partial charge on any atom is -0.490 e. The van der Waals surface area contributed by atoms with E-state index < -0.39 is 41.2 Å². The average Bonchev–Trinajstić information content (AvgIpc) is 3.53. The van der Waals surface area contributed by atoms with Gasteiger partial charge >= 0.3 is 6.18 Å². The summed E-state index contributed by atoms with van der Waals surface area (Å²) in [6, 6.07) is 10.6. The molecule has 1 amide bonds. The molecule has 15 heteroatoms. The van der Waals surface area contributed by atoms with E-state index in [0.29, 0.717) is 22.3 Å². The zero-order valence-corrected chi connectivity index (χ0v) is 25.0. The molecular weight excluding hydrogens is 622 g/mol. The predicted molar refractivity (Wildman–Crippen MR) is 158 cm³/mol. The molecule has 1 aliphatic heterocycles. The predicted octanol–water partition coefficient (Wildman–Crippen LogP) is 4.68. The zero-order chi connectivity index (χ0) is 33.1. The van der Waals surface area contributed by atoms with Crippen LogP contribution in [0.1, 0.15) is 52.8 Å². The molecule has 5 aromatic rings. The van der Waals surface area contributed by atoms with Gasteiger partial charge in [-0.1, -0.05) is 0 Å². The quantitative estimate of drug-likeness (QED) is 0.204. The lowest BCUT2D eigenvalue weighted by Crippen LogP contribution is -2.51. The second-order valence-corrected chi connectivity index (χ2v) is 12.0. The maximum absolute atomic E-state index is 14.9. The van der Waals surface area contributed by atoms with Gasteiger partial charge in [-0.15, -0.1) is 5.10 Å². The Hall–Kier alpha value is -5.18. The molecule has 4 heterocycles. The largest absolute Gasteiger partial charge is 0.490 e. The molecule has 0 bridgehead atoms. The fraction of sp³-hybridized carbons (Fsp3) is 0.312. The van der Waals surface area contributed by atoms with Gasteiger partial charge in [0.05, 0.1) is 41.3 Å². The number of hydrogen-bond acceptors (Lipinski definition) is 9. The van der Waals surface area contributed by atoms with Crippen LogP contribution in [0.4, 0.5) is 17.6 Å². The summed E-state index contributed by atoms with van der Waals surface area (Å²) in [5.74, 6) is -1.02. The first-order valence-corrected chi connectivity index (χ1v) is 14.7. The molecule has 2 aliphatic rings. The molecule has 11 nitrogen and oxygen atoms in total. The lowest BCUT2D eigenvalue weighted by atomic mass is 9.80. The highest BCUT2D eigenvalue weighted by Crippen LogP contribution is 2.49. The van der Waals surface area contributed by atoms with E-state index in [4.69, 9.17) is 9.47 Å². The van der Waals surface area contributed by atoms with Crippen LogP contribution in [0.2, 0.25) is 0 Å². The highest BCUT2D eigenvalue weighted by Gasteiger charge is 2.57. The van der Waals surface area contributed by atoms with Gasteiger partial charge < -0.3 is 19.9 Å². The van der Waals surface area contributed by atoms with Gasteiger partial charge in [0.1, 0.15) is 35.1 Å². The first-order chi connectivity index (χ1) is 22.4. The Bertz CT molecular complexity index is 2000. The normalized spacial score (nSPS) is 18.8. The summed E-state index contributed by atoms with van der Waals surface area (Å²) < 4.78 is 70.5. The number of aromatic amines is 1. The molecule has 3 N–H and O–H groups in total. The topological polar surface area (TPSA) is 148 Å². The molecule has 1 saturated carbocycles. The van der Waals surface area contributed by atoms with E-state index in [0.717, 1.165) is 31.0 Å². The van der Waals surface area contributed by atoms with Crippen LogP contribution in [-0.2, 0) is 11.0 Å². The number of aromatic nitrogens is 6. The van der Waals surface area contributed by atoms with Gasteiger partial charge in [-0.05, 0) is 75.2 Å². The molecule has 1 aliphatic carbocycles. The Morgan fingerprint density at radius 1 is 1.15 bits per heavy atom. The van der Waals surface area contributed by atoms with E-state index >= 15 is 0 Å². The van der Waals surface area contributed by atoms with Crippen LogP contribution in [0.5, 0.6) is 11.5 Å². The highest BCUT2D eigenvalue weighted by molar-refractivity contribution is 6.00. The van der Waals surface area contributed by atoms with Crippen LogP contribution in [0.25, 0.3) is 22.2 Å². The number of aliphatic hydroxyl groups is 1. The summed E-state index contributed by atoms with van der Waals surface area (Å²) in [5.41, 5.74) is -3.73. The Labute approximate surface area is 264 Å². The molecule has 0 spiro atoms. The smallest absolute Gasteiger partial charge is 0.424 e. The standard InChI is InChI=1S/C32H27F4N7O4/c1-16-9-18-10-19(11-23(26(18)42-40-16)47-21-7-8-21)29(44)37-14-31(45,32(34,35)36)24-12-22-28(27(39-24)17-3-5-20(33)6-4-17)46-15-30(22,2)25-13-38-43-41-25/h3-6,9-13,21,45H,7-8,14-15H2,1-2H3,(H,37,44)(H,38,41,43)/t30-,31-/m0/s1. The van der Waals surface area contributed by atoms with Crippen molar-refractivity contribution in [1.82, 2.24) is 35.9 Å². The van der Waals surface area contributed by atoms with Crippen molar-refractivity contribution in [1.29, 1.82) is 0 Å². The van der Waals surface area contributed by atoms with Gasteiger partial charge in [0.2, 0.25) is 5.60 Å². The SMILES string of the molecule is Cc1cc2cc(C(=O)NC[C@](O)(c3cc4c(c(-c5ccc(F)cc5)n3)OC[C@]4(C)c3cn[nH]n3)C(F)(F)F)cc(OC3CC3)c2nn1. The van der Waals surface area contributed by atoms with Crippen molar-refractivity contribution in [2.75, 3.05) is 13.2 Å². The van der Waals surface area contributed by atoms with E-state index in [-0.39, 0.29) is 46.6 Å². The third kappa shape index (κ3) is 5.39. The molecule has 0 unspecified atom stereocenters. The molecule has 3 aromatic heterocycles. The Kier molecular flexibility index (Phi) is 7.11. The summed E-state index contributed by atoms with van der Waals surface area (Å²) in [6.45, 7) is 2.12. The van der Waals surface area contributed by atoms with Crippen LogP contribution in [0, 0.1) is 12.7 Å². The summed E-state index contributed by atoms with van der Waals surface area (Å²) in [6.07, 6.45) is -2.29. The van der Waals surface area contributed by atoms with Crippen molar-refractivity contribution in [2.45, 2.75) is 50.0 Å². The number of ether oxygens (including phenoxy) is 2. The maximum Gasteiger partial charge on any atom is 0.424 e. The second-order valence-electron chi connectivity index (χ2n) is 12.0. The molecule has 47 heavy (non-hydrogen) atoms. The van der Waals surface area contributed by atoms with E-state index in [2.05, 4.69) is 35.9 Å². The highest BCUT2D eigenvalue weighted by atomic mass is 19.4. The zero-order valence-electron chi connectivity index (χ0n) is 25.0. The summed E-state index contributed by atoms with van der Waals surface area (Å²) in [4.78, 5) is 17.7. The van der Waals surface area contributed by atoms with Gasteiger partial charge in [-0.2, -0.15) is 33.7 Å². The number of fused-ring (bicyclic) bond motifs is 2. The molecule has 0 radical (unpaired) electrons. The van der Waals surface area contributed by atoms with E-state index in [1.165, 1.54) is 30.5 Å². The van der Waals surface area contributed by atoms with Gasteiger partial charge in [-0.25, -0.2) is 9.37 Å². The Balaban J connectivity index is 1.29. The van der Waals surface area contributed by atoms with Crippen molar-refractivity contribution in [3.8, 4) is 22.8 Å². The van der Waals surface area contributed by atoms with Crippen LogP contribution in [-0.4, -0.2) is 67.0 Å². The molecule has 1 fully saturated rings. The van der Waals surface area contributed by atoms with E-state index in [9.17, 15) is 27.5 Å². The summed E-state index contributed by atoms with van der Waals surface area (Å²) in [5, 5.41) is 32.9. The maximum atomic E-state index is 14.9.